The lowest BCUT2D eigenvalue weighted by atomic mass is 10.0. The molecule has 1 aromatic heterocycles. The van der Waals surface area contributed by atoms with Crippen molar-refractivity contribution in [2.24, 2.45) is 0 Å². The molecule has 0 amide bonds. The molecule has 16 heavy (non-hydrogen) atoms. The first kappa shape index (κ1) is 10.6. The van der Waals surface area contributed by atoms with Gasteiger partial charge in [0.25, 0.3) is 0 Å². The van der Waals surface area contributed by atoms with Gasteiger partial charge in [0.2, 0.25) is 0 Å². The number of nitrogen functional groups attached to an aromatic ring is 1. The molecule has 5 heteroatoms. The van der Waals surface area contributed by atoms with Crippen molar-refractivity contribution in [3.05, 3.63) is 29.7 Å². The molecule has 0 spiro atoms. The summed E-state index contributed by atoms with van der Waals surface area (Å²) in [5.74, 6) is -0.324. The van der Waals surface area contributed by atoms with E-state index in [0.29, 0.717) is 29.1 Å². The summed E-state index contributed by atoms with van der Waals surface area (Å²) in [4.78, 5) is 1.51. The van der Waals surface area contributed by atoms with Crippen LogP contribution in [0.4, 0.5) is 10.1 Å². The summed E-state index contributed by atoms with van der Waals surface area (Å²) in [6.07, 6.45) is 1.55. The zero-order valence-corrected chi connectivity index (χ0v) is 9.24. The molecule has 4 nitrogen and oxygen atoms in total. The summed E-state index contributed by atoms with van der Waals surface area (Å²) >= 11 is 0. The Kier molecular flexibility index (Phi) is 2.60. The van der Waals surface area contributed by atoms with Crippen molar-refractivity contribution in [3.8, 4) is 11.3 Å². The van der Waals surface area contributed by atoms with Crippen LogP contribution in [-0.4, -0.2) is 15.0 Å². The predicted molar refractivity (Wildman–Crippen MR) is 60.2 cm³/mol. The normalized spacial score (nSPS) is 10.7. The largest absolute Gasteiger partial charge is 0.398 e. The van der Waals surface area contributed by atoms with Gasteiger partial charge in [-0.25, -0.2) is 4.39 Å². The minimum Gasteiger partial charge on any atom is -0.398 e. The Morgan fingerprint density at radius 1 is 1.44 bits per heavy atom. The second kappa shape index (κ2) is 3.92. The second-order valence-corrected chi connectivity index (χ2v) is 3.55. The summed E-state index contributed by atoms with van der Waals surface area (Å²) in [5, 5.41) is 8.19. The molecular weight excluding hydrogens is 207 g/mol. The van der Waals surface area contributed by atoms with Crippen LogP contribution in [0.3, 0.4) is 0 Å². The molecule has 2 N–H and O–H groups in total. The van der Waals surface area contributed by atoms with Crippen LogP contribution in [-0.2, 0) is 6.54 Å². The predicted octanol–water partition coefficient (Wildman–Crippen LogP) is 1.99. The topological polar surface area (TPSA) is 56.7 Å². The third kappa shape index (κ3) is 1.64. The van der Waals surface area contributed by atoms with E-state index in [1.807, 2.05) is 6.92 Å². The van der Waals surface area contributed by atoms with Gasteiger partial charge in [0.1, 0.15) is 11.5 Å². The lowest BCUT2D eigenvalue weighted by molar-refractivity contribution is 0.569. The summed E-state index contributed by atoms with van der Waals surface area (Å²) in [7, 11) is 0. The second-order valence-electron chi connectivity index (χ2n) is 3.55. The van der Waals surface area contributed by atoms with E-state index < -0.39 is 0 Å². The minimum absolute atomic E-state index is 0.324. The Labute approximate surface area is 92.9 Å². The maximum atomic E-state index is 13.7. The number of rotatable bonds is 2. The van der Waals surface area contributed by atoms with Crippen molar-refractivity contribution < 1.29 is 4.39 Å². The Hall–Kier alpha value is -1.91. The van der Waals surface area contributed by atoms with Crippen molar-refractivity contribution in [2.75, 3.05) is 5.73 Å². The zero-order chi connectivity index (χ0) is 11.7. The van der Waals surface area contributed by atoms with Crippen LogP contribution in [0.5, 0.6) is 0 Å². The van der Waals surface area contributed by atoms with Gasteiger partial charge in [-0.1, -0.05) is 0 Å². The van der Waals surface area contributed by atoms with Crippen LogP contribution in [0.25, 0.3) is 11.3 Å². The summed E-state index contributed by atoms with van der Waals surface area (Å²) in [6, 6.07) is 2.90. The van der Waals surface area contributed by atoms with E-state index in [2.05, 4.69) is 10.2 Å². The highest BCUT2D eigenvalue weighted by molar-refractivity contribution is 5.70. The van der Waals surface area contributed by atoms with Crippen molar-refractivity contribution in [2.45, 2.75) is 20.4 Å². The molecule has 2 aromatic rings. The van der Waals surface area contributed by atoms with Crippen LogP contribution in [0.2, 0.25) is 0 Å². The van der Waals surface area contributed by atoms with Gasteiger partial charge >= 0.3 is 0 Å². The molecule has 0 bridgehead atoms. The first-order chi connectivity index (χ1) is 7.63. The van der Waals surface area contributed by atoms with Crippen molar-refractivity contribution >= 4 is 5.69 Å². The van der Waals surface area contributed by atoms with Gasteiger partial charge in [-0.3, -0.25) is 0 Å². The number of nitrogens with two attached hydrogens (primary N) is 1. The van der Waals surface area contributed by atoms with Crippen LogP contribution in [0, 0.1) is 12.7 Å². The molecular formula is C11H13FN4. The molecule has 2 rings (SSSR count). The molecule has 0 aliphatic heterocycles. The molecule has 0 saturated carbocycles. The van der Waals surface area contributed by atoms with Crippen molar-refractivity contribution in [3.63, 3.8) is 0 Å². The quantitative estimate of drug-likeness (QED) is 0.787. The van der Waals surface area contributed by atoms with Crippen LogP contribution < -0.4 is 5.73 Å². The Morgan fingerprint density at radius 2 is 2.19 bits per heavy atom. The number of halogens is 1. The minimum atomic E-state index is -0.324. The Morgan fingerprint density at radius 3 is 2.81 bits per heavy atom. The SMILES string of the molecule is CCn1ncc(-c2c(F)ccc(N)c2C)n1. The maximum absolute atomic E-state index is 13.7. The fourth-order valence-corrected chi connectivity index (χ4v) is 1.57. The van der Waals surface area contributed by atoms with E-state index in [0.717, 1.165) is 0 Å². The standard InChI is InChI=1S/C11H13FN4/c1-3-16-14-6-10(15-16)11-7(2)9(13)5-4-8(11)12/h4-6H,3,13H2,1-2H3. The van der Waals surface area contributed by atoms with E-state index in [1.165, 1.54) is 10.9 Å². The average molecular weight is 220 g/mol. The van der Waals surface area contributed by atoms with E-state index in [1.54, 1.807) is 19.2 Å². The third-order valence-corrected chi connectivity index (χ3v) is 2.53. The molecule has 0 aliphatic rings. The van der Waals surface area contributed by atoms with Crippen LogP contribution in [0.15, 0.2) is 18.3 Å². The first-order valence-corrected chi connectivity index (χ1v) is 5.08. The van der Waals surface area contributed by atoms with E-state index in [4.69, 9.17) is 5.73 Å². The van der Waals surface area contributed by atoms with Crippen LogP contribution in [0.1, 0.15) is 12.5 Å². The monoisotopic (exact) mass is 220 g/mol. The average Bonchev–Trinajstić information content (AvgIpc) is 2.73. The number of aromatic nitrogens is 3. The molecule has 0 unspecified atom stereocenters. The number of benzene rings is 1. The van der Waals surface area contributed by atoms with E-state index in [9.17, 15) is 4.39 Å². The van der Waals surface area contributed by atoms with Gasteiger partial charge in [0, 0.05) is 11.3 Å². The van der Waals surface area contributed by atoms with Gasteiger partial charge in [-0.15, -0.1) is 0 Å². The van der Waals surface area contributed by atoms with Crippen molar-refractivity contribution in [1.82, 2.24) is 15.0 Å². The van der Waals surface area contributed by atoms with Gasteiger partial charge in [-0.2, -0.15) is 15.0 Å². The lowest BCUT2D eigenvalue weighted by Gasteiger charge is -2.06. The van der Waals surface area contributed by atoms with Gasteiger partial charge in [-0.05, 0) is 31.5 Å². The number of anilines is 1. The summed E-state index contributed by atoms with van der Waals surface area (Å²) in [5.41, 5.74) is 7.95. The molecule has 0 fully saturated rings. The van der Waals surface area contributed by atoms with Crippen LogP contribution >= 0.6 is 0 Å². The lowest BCUT2D eigenvalue weighted by Crippen LogP contribution is -2.00. The molecule has 0 radical (unpaired) electrons. The molecule has 0 aliphatic carbocycles. The third-order valence-electron chi connectivity index (χ3n) is 2.53. The Bertz CT molecular complexity index is 519. The van der Waals surface area contributed by atoms with Crippen molar-refractivity contribution in [1.29, 1.82) is 0 Å². The molecule has 0 atom stereocenters. The summed E-state index contributed by atoms with van der Waals surface area (Å²) < 4.78 is 13.7. The molecule has 1 heterocycles. The highest BCUT2D eigenvalue weighted by Crippen LogP contribution is 2.28. The molecule has 1 aromatic carbocycles. The summed E-state index contributed by atoms with van der Waals surface area (Å²) in [6.45, 7) is 4.36. The highest BCUT2D eigenvalue weighted by Gasteiger charge is 2.13. The smallest absolute Gasteiger partial charge is 0.133 e. The number of nitrogens with zero attached hydrogens (tertiary/aromatic N) is 3. The van der Waals surface area contributed by atoms with E-state index in [-0.39, 0.29) is 5.82 Å². The van der Waals surface area contributed by atoms with Gasteiger partial charge in [0.05, 0.1) is 12.7 Å². The maximum Gasteiger partial charge on any atom is 0.133 e. The fourth-order valence-electron chi connectivity index (χ4n) is 1.57. The number of aryl methyl sites for hydroxylation is 1. The molecule has 84 valence electrons. The zero-order valence-electron chi connectivity index (χ0n) is 9.24. The number of hydrogen-bond acceptors (Lipinski definition) is 3. The van der Waals surface area contributed by atoms with E-state index >= 15 is 0 Å². The fraction of sp³-hybridized carbons (Fsp3) is 0.273. The van der Waals surface area contributed by atoms with Gasteiger partial charge in [0.15, 0.2) is 0 Å². The highest BCUT2D eigenvalue weighted by atomic mass is 19.1. The first-order valence-electron chi connectivity index (χ1n) is 5.08. The van der Waals surface area contributed by atoms with Gasteiger partial charge < -0.3 is 5.73 Å². The Balaban J connectivity index is 2.58. The molecule has 0 saturated heterocycles. The number of hydrogen-bond donors (Lipinski definition) is 1.